The zero-order chi connectivity index (χ0) is 15.0. The van der Waals surface area contributed by atoms with Crippen LogP contribution in [-0.4, -0.2) is 11.0 Å². The molecule has 1 aliphatic rings. The summed E-state index contributed by atoms with van der Waals surface area (Å²) in [5.41, 5.74) is 9.60. The van der Waals surface area contributed by atoms with E-state index in [1.54, 1.807) is 0 Å². The van der Waals surface area contributed by atoms with Crippen molar-refractivity contribution in [2.24, 2.45) is 5.73 Å². The summed E-state index contributed by atoms with van der Waals surface area (Å²) in [6, 6.07) is 6.53. The number of fused-ring (bicyclic) bond motifs is 1. The van der Waals surface area contributed by atoms with E-state index < -0.39 is 0 Å². The van der Waals surface area contributed by atoms with Gasteiger partial charge in [-0.05, 0) is 36.0 Å². The summed E-state index contributed by atoms with van der Waals surface area (Å²) < 4.78 is 6.01. The van der Waals surface area contributed by atoms with Crippen LogP contribution in [0.4, 0.5) is 0 Å². The van der Waals surface area contributed by atoms with Crippen molar-refractivity contribution in [1.29, 1.82) is 0 Å². The highest BCUT2D eigenvalue weighted by Crippen LogP contribution is 2.33. The van der Waals surface area contributed by atoms with Crippen LogP contribution >= 0.6 is 0 Å². The Bertz CT molecular complexity index is 624. The maximum atomic E-state index is 6.33. The van der Waals surface area contributed by atoms with Crippen molar-refractivity contribution in [3.63, 3.8) is 0 Å². The minimum absolute atomic E-state index is 0.131. The number of nitrogens with zero attached hydrogens (tertiary/aromatic N) is 1. The van der Waals surface area contributed by atoms with E-state index in [2.05, 4.69) is 39.0 Å². The Hall–Kier alpha value is -1.35. The maximum absolute atomic E-state index is 6.33. The second-order valence-corrected chi connectivity index (χ2v) is 7.39. The zero-order valence-corrected chi connectivity index (χ0v) is 13.4. The minimum Gasteiger partial charge on any atom is -0.440 e. The quantitative estimate of drug-likeness (QED) is 0.785. The van der Waals surface area contributed by atoms with Gasteiger partial charge in [-0.15, -0.1) is 0 Å². The normalized spacial score (nSPS) is 24.2. The summed E-state index contributed by atoms with van der Waals surface area (Å²) in [5.74, 6) is 1.11. The van der Waals surface area contributed by atoms with Crippen molar-refractivity contribution >= 4 is 11.1 Å². The van der Waals surface area contributed by atoms with Gasteiger partial charge in [0.15, 0.2) is 11.5 Å². The second kappa shape index (κ2) is 5.45. The SMILES string of the molecule is CC(C)(C)c1ccc2oc(C3CCCCCC3N)nc2c1. The van der Waals surface area contributed by atoms with Gasteiger partial charge in [0.05, 0.1) is 5.92 Å². The average Bonchev–Trinajstić information content (AvgIpc) is 2.72. The average molecular weight is 286 g/mol. The molecule has 0 bridgehead atoms. The van der Waals surface area contributed by atoms with Crippen molar-refractivity contribution < 1.29 is 4.42 Å². The van der Waals surface area contributed by atoms with Gasteiger partial charge in [-0.3, -0.25) is 0 Å². The molecule has 2 aromatic rings. The van der Waals surface area contributed by atoms with E-state index >= 15 is 0 Å². The van der Waals surface area contributed by atoms with Gasteiger partial charge in [0.1, 0.15) is 5.52 Å². The Morgan fingerprint density at radius 1 is 1.14 bits per heavy atom. The van der Waals surface area contributed by atoms with Crippen LogP contribution in [0.5, 0.6) is 0 Å². The predicted molar refractivity (Wildman–Crippen MR) is 86.5 cm³/mol. The third-order valence-corrected chi connectivity index (χ3v) is 4.66. The number of aromatic nitrogens is 1. The molecule has 1 fully saturated rings. The van der Waals surface area contributed by atoms with E-state index in [1.165, 1.54) is 24.8 Å². The topological polar surface area (TPSA) is 52.0 Å². The van der Waals surface area contributed by atoms with Crippen molar-refractivity contribution in [3.05, 3.63) is 29.7 Å². The standard InChI is InChI=1S/C18H26N2O/c1-18(2,3)12-9-10-16-15(11-12)20-17(21-16)13-7-5-4-6-8-14(13)19/h9-11,13-14H,4-8,19H2,1-3H3. The van der Waals surface area contributed by atoms with E-state index in [4.69, 9.17) is 15.1 Å². The third-order valence-electron chi connectivity index (χ3n) is 4.66. The first-order valence-corrected chi connectivity index (χ1v) is 8.12. The minimum atomic E-state index is 0.131. The van der Waals surface area contributed by atoms with Gasteiger partial charge in [0, 0.05) is 6.04 Å². The first kappa shape index (κ1) is 14.6. The number of nitrogens with two attached hydrogens (primary N) is 1. The van der Waals surface area contributed by atoms with Crippen molar-refractivity contribution in [2.75, 3.05) is 0 Å². The number of hydrogen-bond acceptors (Lipinski definition) is 3. The number of oxazole rings is 1. The fraction of sp³-hybridized carbons (Fsp3) is 0.611. The molecule has 21 heavy (non-hydrogen) atoms. The van der Waals surface area contributed by atoms with Crippen LogP contribution in [0.3, 0.4) is 0 Å². The number of rotatable bonds is 1. The molecule has 1 aliphatic carbocycles. The molecule has 3 rings (SSSR count). The molecule has 0 radical (unpaired) electrons. The molecule has 2 N–H and O–H groups in total. The molecule has 2 atom stereocenters. The molecule has 3 heteroatoms. The van der Waals surface area contributed by atoms with E-state index in [1.807, 2.05) is 0 Å². The number of benzene rings is 1. The fourth-order valence-electron chi connectivity index (χ4n) is 3.21. The zero-order valence-electron chi connectivity index (χ0n) is 13.4. The molecule has 1 saturated carbocycles. The van der Waals surface area contributed by atoms with Crippen LogP contribution in [0.1, 0.15) is 70.2 Å². The molecule has 114 valence electrons. The molecule has 1 aromatic carbocycles. The van der Waals surface area contributed by atoms with Gasteiger partial charge in [-0.1, -0.05) is 46.1 Å². The van der Waals surface area contributed by atoms with Gasteiger partial charge in [-0.25, -0.2) is 4.98 Å². The van der Waals surface area contributed by atoms with E-state index in [0.29, 0.717) is 0 Å². The molecule has 1 heterocycles. The third kappa shape index (κ3) is 2.98. The molecule has 0 aliphatic heterocycles. The molecule has 0 spiro atoms. The Kier molecular flexibility index (Phi) is 3.78. The van der Waals surface area contributed by atoms with Crippen LogP contribution in [0.2, 0.25) is 0 Å². The number of hydrogen-bond donors (Lipinski definition) is 1. The van der Waals surface area contributed by atoms with Gasteiger partial charge >= 0.3 is 0 Å². The fourth-order valence-corrected chi connectivity index (χ4v) is 3.21. The lowest BCUT2D eigenvalue weighted by Crippen LogP contribution is -2.27. The summed E-state index contributed by atoms with van der Waals surface area (Å²) in [5, 5.41) is 0. The van der Waals surface area contributed by atoms with Gasteiger partial charge < -0.3 is 10.2 Å². The van der Waals surface area contributed by atoms with Crippen molar-refractivity contribution in [3.8, 4) is 0 Å². The molecule has 0 saturated heterocycles. The molecule has 0 amide bonds. The summed E-state index contributed by atoms with van der Waals surface area (Å²) in [4.78, 5) is 4.76. The Balaban J connectivity index is 1.96. The van der Waals surface area contributed by atoms with Crippen molar-refractivity contribution in [1.82, 2.24) is 4.98 Å². The van der Waals surface area contributed by atoms with E-state index in [9.17, 15) is 0 Å². The highest BCUT2D eigenvalue weighted by molar-refractivity contribution is 5.74. The summed E-state index contributed by atoms with van der Waals surface area (Å²) in [6.07, 6.45) is 5.91. The van der Waals surface area contributed by atoms with Gasteiger partial charge in [0.25, 0.3) is 0 Å². The monoisotopic (exact) mass is 286 g/mol. The summed E-state index contributed by atoms with van der Waals surface area (Å²) in [7, 11) is 0. The highest BCUT2D eigenvalue weighted by atomic mass is 16.3. The molecular weight excluding hydrogens is 260 g/mol. The van der Waals surface area contributed by atoms with Crippen LogP contribution < -0.4 is 5.73 Å². The second-order valence-electron chi connectivity index (χ2n) is 7.39. The summed E-state index contributed by atoms with van der Waals surface area (Å²) in [6.45, 7) is 6.66. The van der Waals surface area contributed by atoms with Crippen LogP contribution in [0, 0.1) is 0 Å². The van der Waals surface area contributed by atoms with Gasteiger partial charge in [0.2, 0.25) is 0 Å². The Morgan fingerprint density at radius 3 is 2.67 bits per heavy atom. The van der Waals surface area contributed by atoms with E-state index in [-0.39, 0.29) is 17.4 Å². The molecule has 3 nitrogen and oxygen atoms in total. The summed E-state index contributed by atoms with van der Waals surface area (Å²) >= 11 is 0. The highest BCUT2D eigenvalue weighted by Gasteiger charge is 2.27. The Labute approximate surface area is 126 Å². The van der Waals surface area contributed by atoms with Gasteiger partial charge in [-0.2, -0.15) is 0 Å². The lowest BCUT2D eigenvalue weighted by molar-refractivity contribution is 0.402. The molecule has 1 aromatic heterocycles. The van der Waals surface area contributed by atoms with Crippen LogP contribution in [0.25, 0.3) is 11.1 Å². The molecular formula is C18H26N2O. The van der Waals surface area contributed by atoms with Crippen LogP contribution in [-0.2, 0) is 5.41 Å². The molecule has 2 unspecified atom stereocenters. The first-order chi connectivity index (χ1) is 9.95. The Morgan fingerprint density at radius 2 is 1.90 bits per heavy atom. The largest absolute Gasteiger partial charge is 0.440 e. The smallest absolute Gasteiger partial charge is 0.200 e. The lowest BCUT2D eigenvalue weighted by Gasteiger charge is -2.18. The maximum Gasteiger partial charge on any atom is 0.200 e. The van der Waals surface area contributed by atoms with E-state index in [0.717, 1.165) is 29.8 Å². The first-order valence-electron chi connectivity index (χ1n) is 8.12. The van der Waals surface area contributed by atoms with Crippen LogP contribution in [0.15, 0.2) is 22.6 Å². The predicted octanol–water partition coefficient (Wildman–Crippen LogP) is 4.50. The van der Waals surface area contributed by atoms with Crippen molar-refractivity contribution in [2.45, 2.75) is 70.3 Å². The lowest BCUT2D eigenvalue weighted by atomic mass is 9.87.